The first-order valence-corrected chi connectivity index (χ1v) is 11.7. The lowest BCUT2D eigenvalue weighted by Gasteiger charge is -2.10. The second-order valence-corrected chi connectivity index (χ2v) is 8.08. The third-order valence-corrected chi connectivity index (χ3v) is 5.76. The minimum atomic E-state index is 0.0369. The van der Waals surface area contributed by atoms with Crippen molar-refractivity contribution in [3.8, 4) is 17.3 Å². The van der Waals surface area contributed by atoms with Crippen molar-refractivity contribution < 1.29 is 9.84 Å². The van der Waals surface area contributed by atoms with Crippen molar-refractivity contribution in [1.29, 1.82) is 0 Å². The van der Waals surface area contributed by atoms with E-state index < -0.39 is 0 Å². The van der Waals surface area contributed by atoms with Crippen LogP contribution in [0, 0.1) is 0 Å². The number of nitrogens with two attached hydrogens (primary N) is 1. The van der Waals surface area contributed by atoms with E-state index in [1.54, 1.807) is 4.57 Å². The van der Waals surface area contributed by atoms with Gasteiger partial charge in [0.15, 0.2) is 5.65 Å². The van der Waals surface area contributed by atoms with Gasteiger partial charge in [0.25, 0.3) is 0 Å². The Kier molecular flexibility index (Phi) is 6.41. The zero-order valence-electron chi connectivity index (χ0n) is 19.6. The molecule has 2 heterocycles. The number of ether oxygens (including phenoxy) is 1. The quantitative estimate of drug-likeness (QED) is 0.252. The van der Waals surface area contributed by atoms with Crippen LogP contribution >= 0.6 is 0 Å². The third kappa shape index (κ3) is 4.34. The largest absolute Gasteiger partial charge is 0.494 e. The van der Waals surface area contributed by atoms with Crippen LogP contribution in [0.3, 0.4) is 0 Å². The van der Waals surface area contributed by atoms with Gasteiger partial charge in [-0.3, -0.25) is 9.56 Å². The molecule has 2 aromatic heterocycles. The van der Waals surface area contributed by atoms with E-state index >= 15 is 0 Å². The molecule has 0 spiro atoms. The fourth-order valence-electron chi connectivity index (χ4n) is 4.15. The lowest BCUT2D eigenvalue weighted by Crippen LogP contribution is -2.07. The van der Waals surface area contributed by atoms with E-state index in [-0.39, 0.29) is 5.88 Å². The topological polar surface area (TPSA) is 98.5 Å². The lowest BCUT2D eigenvalue weighted by atomic mass is 10.0. The predicted molar refractivity (Wildman–Crippen MR) is 140 cm³/mol. The number of fused-ring (bicyclic) bond motifs is 2. The molecule has 0 saturated heterocycles. The van der Waals surface area contributed by atoms with E-state index in [0.717, 1.165) is 34.5 Å². The van der Waals surface area contributed by atoms with Gasteiger partial charge in [0.1, 0.15) is 11.3 Å². The maximum absolute atomic E-state index is 11.7. The molecule has 3 aromatic carbocycles. The number of hydrogen-bond acceptors (Lipinski definition) is 6. The summed E-state index contributed by atoms with van der Waals surface area (Å²) in [5.41, 5.74) is 11.2. The zero-order chi connectivity index (χ0) is 24.2. The van der Waals surface area contributed by atoms with Gasteiger partial charge in [-0.2, -0.15) is 0 Å². The minimum Gasteiger partial charge on any atom is -0.494 e. The number of aromatic hydroxyl groups is 1. The van der Waals surface area contributed by atoms with Crippen molar-refractivity contribution in [2.75, 3.05) is 19.7 Å². The molecule has 0 aliphatic rings. The fraction of sp³-hybridized carbons (Fsp3) is 0.179. The SMILES string of the molecule is CCOc1ccc(-n2c(O)c(C(=NCCCN)c3ccccc3)c3nc4ccccc4nc32)cc1. The van der Waals surface area contributed by atoms with Gasteiger partial charge in [0, 0.05) is 12.1 Å². The van der Waals surface area contributed by atoms with Crippen LogP contribution in [0.25, 0.3) is 27.9 Å². The van der Waals surface area contributed by atoms with E-state index in [0.29, 0.717) is 42.1 Å². The highest BCUT2D eigenvalue weighted by Gasteiger charge is 2.25. The van der Waals surface area contributed by atoms with Crippen molar-refractivity contribution in [2.24, 2.45) is 10.7 Å². The van der Waals surface area contributed by atoms with Crippen molar-refractivity contribution in [3.05, 3.63) is 90.0 Å². The molecule has 0 amide bonds. The highest BCUT2D eigenvalue weighted by molar-refractivity contribution is 6.20. The Morgan fingerprint density at radius 1 is 0.943 bits per heavy atom. The Balaban J connectivity index is 1.80. The fourth-order valence-corrected chi connectivity index (χ4v) is 4.15. The number of aliphatic imine (C=N–C) groups is 1. The second kappa shape index (κ2) is 9.95. The molecule has 0 aliphatic heterocycles. The van der Waals surface area contributed by atoms with Gasteiger partial charge in [-0.05, 0) is 56.3 Å². The van der Waals surface area contributed by atoms with E-state index in [9.17, 15) is 5.11 Å². The van der Waals surface area contributed by atoms with Crippen LogP contribution in [-0.4, -0.2) is 45.0 Å². The van der Waals surface area contributed by atoms with Crippen LogP contribution in [0.15, 0.2) is 83.9 Å². The summed E-state index contributed by atoms with van der Waals surface area (Å²) in [5.74, 6) is 0.798. The van der Waals surface area contributed by atoms with Crippen molar-refractivity contribution >= 4 is 27.9 Å². The summed E-state index contributed by atoms with van der Waals surface area (Å²) in [5, 5.41) is 11.7. The van der Waals surface area contributed by atoms with E-state index in [1.807, 2.05) is 85.8 Å². The summed E-state index contributed by atoms with van der Waals surface area (Å²) in [4.78, 5) is 14.7. The summed E-state index contributed by atoms with van der Waals surface area (Å²) in [6.07, 6.45) is 0.739. The van der Waals surface area contributed by atoms with Crippen molar-refractivity contribution in [1.82, 2.24) is 14.5 Å². The van der Waals surface area contributed by atoms with Gasteiger partial charge in [-0.15, -0.1) is 0 Å². The number of hydrogen-bond donors (Lipinski definition) is 2. The minimum absolute atomic E-state index is 0.0369. The summed E-state index contributed by atoms with van der Waals surface area (Å²) >= 11 is 0. The summed E-state index contributed by atoms with van der Waals surface area (Å²) in [6.45, 7) is 3.60. The molecular formula is C28H27N5O2. The molecule has 0 bridgehead atoms. The molecule has 5 rings (SSSR count). The summed E-state index contributed by atoms with van der Waals surface area (Å²) in [6, 6.07) is 25.1. The van der Waals surface area contributed by atoms with E-state index in [1.165, 1.54) is 0 Å². The molecule has 35 heavy (non-hydrogen) atoms. The number of rotatable bonds is 8. The van der Waals surface area contributed by atoms with E-state index in [4.69, 9.17) is 25.4 Å². The van der Waals surface area contributed by atoms with Gasteiger partial charge in [0.05, 0.1) is 34.6 Å². The van der Waals surface area contributed by atoms with Crippen LogP contribution in [0.2, 0.25) is 0 Å². The maximum atomic E-state index is 11.7. The number of nitrogens with zero attached hydrogens (tertiary/aromatic N) is 4. The second-order valence-electron chi connectivity index (χ2n) is 8.08. The normalized spacial score (nSPS) is 11.9. The van der Waals surface area contributed by atoms with E-state index in [2.05, 4.69) is 0 Å². The van der Waals surface area contributed by atoms with Crippen molar-refractivity contribution in [3.63, 3.8) is 0 Å². The van der Waals surface area contributed by atoms with Gasteiger partial charge in [-0.1, -0.05) is 42.5 Å². The Morgan fingerprint density at radius 3 is 2.31 bits per heavy atom. The predicted octanol–water partition coefficient (Wildman–Crippen LogP) is 4.86. The van der Waals surface area contributed by atoms with Crippen LogP contribution < -0.4 is 10.5 Å². The summed E-state index contributed by atoms with van der Waals surface area (Å²) in [7, 11) is 0. The molecule has 0 aliphatic carbocycles. The maximum Gasteiger partial charge on any atom is 0.209 e. The molecule has 0 atom stereocenters. The highest BCUT2D eigenvalue weighted by Crippen LogP contribution is 2.36. The standard InChI is InChI=1S/C28H27N5O2/c1-2-35-21-15-13-20(14-16-21)33-27-26(31-22-11-6-7-12-23(22)32-27)24(28(33)34)25(30-18-8-17-29)19-9-4-3-5-10-19/h3-7,9-16,34H,2,8,17-18,29H2,1H3. The monoisotopic (exact) mass is 465 g/mol. The smallest absolute Gasteiger partial charge is 0.209 e. The van der Waals surface area contributed by atoms with Crippen LogP contribution in [0.4, 0.5) is 0 Å². The Hall–Kier alpha value is -4.23. The molecule has 0 radical (unpaired) electrons. The number of benzene rings is 3. The van der Waals surface area contributed by atoms with Crippen molar-refractivity contribution in [2.45, 2.75) is 13.3 Å². The molecule has 0 fully saturated rings. The Morgan fingerprint density at radius 2 is 1.63 bits per heavy atom. The molecule has 7 nitrogen and oxygen atoms in total. The average Bonchev–Trinajstić information content (AvgIpc) is 3.17. The molecule has 5 aromatic rings. The van der Waals surface area contributed by atoms with Gasteiger partial charge < -0.3 is 15.6 Å². The van der Waals surface area contributed by atoms with Crippen LogP contribution in [-0.2, 0) is 0 Å². The van der Waals surface area contributed by atoms with Gasteiger partial charge in [0.2, 0.25) is 5.88 Å². The van der Waals surface area contributed by atoms with Gasteiger partial charge in [-0.25, -0.2) is 9.97 Å². The highest BCUT2D eigenvalue weighted by atomic mass is 16.5. The molecule has 7 heteroatoms. The summed E-state index contributed by atoms with van der Waals surface area (Å²) < 4.78 is 7.32. The number of aromatic nitrogens is 3. The van der Waals surface area contributed by atoms with Gasteiger partial charge >= 0.3 is 0 Å². The molecule has 0 unspecified atom stereocenters. The average molecular weight is 466 g/mol. The molecule has 176 valence electrons. The zero-order valence-corrected chi connectivity index (χ0v) is 19.6. The van der Waals surface area contributed by atoms with Crippen LogP contribution in [0.5, 0.6) is 11.6 Å². The molecule has 0 saturated carbocycles. The first-order chi connectivity index (χ1) is 17.2. The lowest BCUT2D eigenvalue weighted by molar-refractivity contribution is 0.340. The number of para-hydroxylation sites is 2. The molecular weight excluding hydrogens is 438 g/mol. The third-order valence-electron chi connectivity index (χ3n) is 5.76. The Labute approximate surface area is 203 Å². The first-order valence-electron chi connectivity index (χ1n) is 11.7. The first kappa shape index (κ1) is 22.6. The molecule has 3 N–H and O–H groups in total. The van der Waals surface area contributed by atoms with Crippen LogP contribution in [0.1, 0.15) is 24.5 Å². The Bertz CT molecular complexity index is 1490.